The highest BCUT2D eigenvalue weighted by Crippen LogP contribution is 2.23. The number of ether oxygens (including phenoxy) is 1. The third-order valence-electron chi connectivity index (χ3n) is 4.23. The zero-order valence-corrected chi connectivity index (χ0v) is 17.3. The molecule has 0 saturated heterocycles. The van der Waals surface area contributed by atoms with E-state index in [2.05, 4.69) is 15.0 Å². The van der Waals surface area contributed by atoms with Gasteiger partial charge in [-0.05, 0) is 39.3 Å². The van der Waals surface area contributed by atoms with Crippen molar-refractivity contribution in [2.75, 3.05) is 13.1 Å². The van der Waals surface area contributed by atoms with Crippen LogP contribution in [-0.2, 0) is 17.6 Å². The molecule has 0 bridgehead atoms. The lowest BCUT2D eigenvalue weighted by atomic mass is 10.1. The summed E-state index contributed by atoms with van der Waals surface area (Å²) in [6.45, 7) is 7.08. The fourth-order valence-corrected chi connectivity index (χ4v) is 2.85. The summed E-state index contributed by atoms with van der Waals surface area (Å²) in [5.74, 6) is -2.16. The van der Waals surface area contributed by atoms with Gasteiger partial charge in [-0.2, -0.15) is 13.2 Å². The largest absolute Gasteiger partial charge is 0.490 e. The third-order valence-corrected chi connectivity index (χ3v) is 4.23. The zero-order valence-electron chi connectivity index (χ0n) is 17.3. The van der Waals surface area contributed by atoms with E-state index in [1.54, 1.807) is 6.07 Å². The van der Waals surface area contributed by atoms with Crippen LogP contribution in [0.4, 0.5) is 13.2 Å². The van der Waals surface area contributed by atoms with Gasteiger partial charge in [-0.3, -0.25) is 4.79 Å². The second-order valence-electron chi connectivity index (χ2n) is 7.03. The first-order valence-corrected chi connectivity index (χ1v) is 9.51. The maximum Gasteiger partial charge on any atom is 0.490 e. The maximum absolute atomic E-state index is 12.7. The molecule has 0 atom stereocenters. The number of aliphatic carboxylic acids is 1. The van der Waals surface area contributed by atoms with E-state index in [1.165, 1.54) is 6.33 Å². The molecule has 31 heavy (non-hydrogen) atoms. The molecule has 168 valence electrons. The Labute approximate surface area is 177 Å². The molecule has 3 heterocycles. The van der Waals surface area contributed by atoms with Gasteiger partial charge in [0.15, 0.2) is 0 Å². The van der Waals surface area contributed by atoms with E-state index in [0.29, 0.717) is 37.5 Å². The number of hydrogen-bond acceptors (Lipinski definition) is 6. The molecule has 0 spiro atoms. The summed E-state index contributed by atoms with van der Waals surface area (Å²) >= 11 is 0. The Morgan fingerprint density at radius 3 is 2.39 bits per heavy atom. The number of fused-ring (bicyclic) bond motifs is 1. The average molecular weight is 440 g/mol. The number of carboxylic acids is 1. The summed E-state index contributed by atoms with van der Waals surface area (Å²) in [4.78, 5) is 36.4. The molecule has 0 radical (unpaired) electrons. The fraction of sp³-hybridized carbons (Fsp3) is 0.450. The third kappa shape index (κ3) is 6.90. The number of hydrogen-bond donors (Lipinski definition) is 1. The molecule has 1 aliphatic rings. The van der Waals surface area contributed by atoms with E-state index in [4.69, 9.17) is 14.6 Å². The van der Waals surface area contributed by atoms with Crippen molar-refractivity contribution in [2.45, 2.75) is 45.9 Å². The predicted octanol–water partition coefficient (Wildman–Crippen LogP) is 2.84. The number of carbonyl (C=O) groups is 2. The number of rotatable bonds is 3. The molecule has 1 aliphatic heterocycles. The summed E-state index contributed by atoms with van der Waals surface area (Å²) in [5, 5.41) is 7.12. The van der Waals surface area contributed by atoms with Gasteiger partial charge in [0.05, 0.1) is 11.8 Å². The molecule has 0 unspecified atom stereocenters. The van der Waals surface area contributed by atoms with Crippen LogP contribution in [0, 0.1) is 6.92 Å². The van der Waals surface area contributed by atoms with Gasteiger partial charge in [-0.15, -0.1) is 0 Å². The molecule has 0 aliphatic carbocycles. The minimum absolute atomic E-state index is 0.0363. The summed E-state index contributed by atoms with van der Waals surface area (Å²) in [5.41, 5.74) is 3.31. The molecule has 1 N–H and O–H groups in total. The Kier molecular flexibility index (Phi) is 7.89. The predicted molar refractivity (Wildman–Crippen MR) is 104 cm³/mol. The van der Waals surface area contributed by atoms with Gasteiger partial charge in [-0.1, -0.05) is 6.07 Å². The number of aromatic nitrogens is 3. The van der Waals surface area contributed by atoms with Crippen molar-refractivity contribution in [2.24, 2.45) is 0 Å². The number of nitrogens with zero attached hydrogens (tertiary/aromatic N) is 4. The molecule has 0 saturated carbocycles. The van der Waals surface area contributed by atoms with Gasteiger partial charge in [-0.25, -0.2) is 19.7 Å². The first kappa shape index (κ1) is 24.0. The van der Waals surface area contributed by atoms with Crippen LogP contribution in [0.3, 0.4) is 0 Å². The Hall–Kier alpha value is -3.24. The number of pyridine rings is 1. The minimum atomic E-state index is -5.08. The van der Waals surface area contributed by atoms with Gasteiger partial charge in [0.1, 0.15) is 12.0 Å². The highest BCUT2D eigenvalue weighted by atomic mass is 19.4. The zero-order chi connectivity index (χ0) is 23.2. The highest BCUT2D eigenvalue weighted by Gasteiger charge is 2.38. The van der Waals surface area contributed by atoms with Crippen LogP contribution >= 0.6 is 0 Å². The second-order valence-corrected chi connectivity index (χ2v) is 7.03. The molecule has 2 aromatic heterocycles. The molecule has 3 rings (SSSR count). The molecule has 8 nitrogen and oxygen atoms in total. The van der Waals surface area contributed by atoms with Crippen molar-refractivity contribution >= 4 is 11.9 Å². The van der Waals surface area contributed by atoms with Crippen molar-refractivity contribution in [3.05, 3.63) is 47.2 Å². The molecule has 1 amide bonds. The lowest BCUT2D eigenvalue weighted by Crippen LogP contribution is -2.34. The van der Waals surface area contributed by atoms with E-state index in [9.17, 15) is 18.0 Å². The van der Waals surface area contributed by atoms with E-state index < -0.39 is 12.1 Å². The van der Waals surface area contributed by atoms with E-state index in [1.807, 2.05) is 37.8 Å². The highest BCUT2D eigenvalue weighted by molar-refractivity contribution is 5.92. The van der Waals surface area contributed by atoms with Gasteiger partial charge < -0.3 is 14.7 Å². The summed E-state index contributed by atoms with van der Waals surface area (Å²) in [7, 11) is 0. The van der Waals surface area contributed by atoms with Crippen LogP contribution in [0.25, 0.3) is 0 Å². The SMILES string of the molecule is Cc1cccc(C(=O)N2CCc3ncnc(OC(C)C)c3CC2)n1.O=C(O)C(F)(F)F. The van der Waals surface area contributed by atoms with Crippen LogP contribution in [0.15, 0.2) is 24.5 Å². The van der Waals surface area contributed by atoms with Crippen molar-refractivity contribution in [1.29, 1.82) is 0 Å². The maximum atomic E-state index is 12.7. The van der Waals surface area contributed by atoms with Crippen molar-refractivity contribution in [3.8, 4) is 5.88 Å². The summed E-state index contributed by atoms with van der Waals surface area (Å²) in [6, 6.07) is 5.52. The van der Waals surface area contributed by atoms with Gasteiger partial charge >= 0.3 is 12.1 Å². The normalized spacial score (nSPS) is 13.6. The minimum Gasteiger partial charge on any atom is -0.475 e. The van der Waals surface area contributed by atoms with Crippen molar-refractivity contribution in [1.82, 2.24) is 19.9 Å². The summed E-state index contributed by atoms with van der Waals surface area (Å²) < 4.78 is 37.5. The molecule has 0 aromatic carbocycles. The Balaban J connectivity index is 0.000000423. The molecule has 2 aromatic rings. The van der Waals surface area contributed by atoms with Gasteiger partial charge in [0.2, 0.25) is 5.88 Å². The number of halogens is 3. The number of alkyl halides is 3. The second kappa shape index (κ2) is 10.2. The van der Waals surface area contributed by atoms with Crippen LogP contribution in [0.1, 0.15) is 41.3 Å². The summed E-state index contributed by atoms with van der Waals surface area (Å²) in [6.07, 6.45) is -2.10. The molecular weight excluding hydrogens is 417 g/mol. The monoisotopic (exact) mass is 440 g/mol. The van der Waals surface area contributed by atoms with Crippen LogP contribution < -0.4 is 4.74 Å². The van der Waals surface area contributed by atoms with Gasteiger partial charge in [0, 0.05) is 30.8 Å². The Morgan fingerprint density at radius 2 is 1.81 bits per heavy atom. The molecule has 0 fully saturated rings. The van der Waals surface area contributed by atoms with Crippen LogP contribution in [0.5, 0.6) is 5.88 Å². The van der Waals surface area contributed by atoms with E-state index in [0.717, 1.165) is 17.0 Å². The lowest BCUT2D eigenvalue weighted by molar-refractivity contribution is -0.192. The number of carboxylic acid groups (broad SMARTS) is 1. The quantitative estimate of drug-likeness (QED) is 0.782. The molecule has 11 heteroatoms. The fourth-order valence-electron chi connectivity index (χ4n) is 2.85. The average Bonchev–Trinajstić information content (AvgIpc) is 2.90. The smallest absolute Gasteiger partial charge is 0.475 e. The molecular formula is C20H23F3N4O4. The Bertz CT molecular complexity index is 935. The standard InChI is InChI=1S/C18H22N4O2.C2HF3O2/c1-12(2)24-17-14-7-9-22(10-8-15(14)19-11-20-17)18(23)16-6-4-5-13(3)21-16;3-2(4,5)1(6)7/h4-6,11-12H,7-10H2,1-3H3;(H,6,7). The first-order chi connectivity index (χ1) is 14.5. The van der Waals surface area contributed by atoms with Gasteiger partial charge in [0.25, 0.3) is 5.91 Å². The first-order valence-electron chi connectivity index (χ1n) is 9.51. The lowest BCUT2D eigenvalue weighted by Gasteiger charge is -2.19. The van der Waals surface area contributed by atoms with Crippen molar-refractivity contribution < 1.29 is 32.6 Å². The van der Waals surface area contributed by atoms with E-state index in [-0.39, 0.29) is 12.0 Å². The van der Waals surface area contributed by atoms with Crippen LogP contribution in [-0.4, -0.2) is 62.2 Å². The van der Waals surface area contributed by atoms with Crippen molar-refractivity contribution in [3.63, 3.8) is 0 Å². The number of amides is 1. The number of carbonyl (C=O) groups excluding carboxylic acids is 1. The van der Waals surface area contributed by atoms with Crippen LogP contribution in [0.2, 0.25) is 0 Å². The Morgan fingerprint density at radius 1 is 1.16 bits per heavy atom. The number of aryl methyl sites for hydroxylation is 1. The van der Waals surface area contributed by atoms with E-state index >= 15 is 0 Å². The topological polar surface area (TPSA) is 106 Å².